The quantitative estimate of drug-likeness (QED) is 0.675. The van der Waals surface area contributed by atoms with Gasteiger partial charge in [-0.05, 0) is 50.2 Å². The van der Waals surface area contributed by atoms with Crippen LogP contribution in [0.5, 0.6) is 0 Å². The van der Waals surface area contributed by atoms with Crippen LogP contribution in [0.2, 0.25) is 5.02 Å². The average molecular weight is 422 g/mol. The Morgan fingerprint density at radius 2 is 2.04 bits per heavy atom. The van der Waals surface area contributed by atoms with Crippen molar-refractivity contribution < 1.29 is 4.79 Å². The molecular weight excluding hydrogens is 401 g/mol. The normalized spacial score (nSPS) is 14.5. The predicted molar refractivity (Wildman–Crippen MR) is 110 cm³/mol. The van der Waals surface area contributed by atoms with Gasteiger partial charge >= 0.3 is 0 Å². The van der Waals surface area contributed by atoms with Gasteiger partial charge in [0, 0.05) is 24.2 Å². The average Bonchev–Trinajstić information content (AvgIpc) is 3.30. The molecule has 0 unspecified atom stereocenters. The summed E-state index contributed by atoms with van der Waals surface area (Å²) >= 11 is 6.01. The molecule has 0 radical (unpaired) electrons. The maximum absolute atomic E-state index is 12.6. The fourth-order valence-corrected chi connectivity index (χ4v) is 3.32. The van der Waals surface area contributed by atoms with E-state index < -0.39 is 0 Å². The lowest BCUT2D eigenvalue weighted by Gasteiger charge is -2.19. The standard InChI is InChI=1S/C18H20ClN7O.ClH/c1-25-18(21-16(24-25)12-5-8-20-9-6-12)22-17(27)15-7-10-26(23-15)14-4-2-3-13(19)11-14;/h2-4,7,10-12,20H,5-6,8-9H2,1H3,(H,21,22,24,27);1H. The summed E-state index contributed by atoms with van der Waals surface area (Å²) in [5.74, 6) is 1.19. The van der Waals surface area contributed by atoms with Gasteiger partial charge in [0.25, 0.3) is 5.91 Å². The number of hydrogen-bond donors (Lipinski definition) is 2. The highest BCUT2D eigenvalue weighted by Crippen LogP contribution is 2.23. The first-order chi connectivity index (χ1) is 13.1. The summed E-state index contributed by atoms with van der Waals surface area (Å²) < 4.78 is 3.21. The van der Waals surface area contributed by atoms with E-state index in [0.29, 0.717) is 22.6 Å². The van der Waals surface area contributed by atoms with E-state index in [9.17, 15) is 4.79 Å². The van der Waals surface area contributed by atoms with E-state index in [1.165, 1.54) is 0 Å². The smallest absolute Gasteiger partial charge is 0.278 e. The van der Waals surface area contributed by atoms with Gasteiger partial charge in [0.2, 0.25) is 5.95 Å². The van der Waals surface area contributed by atoms with Gasteiger partial charge in [-0.2, -0.15) is 15.2 Å². The maximum Gasteiger partial charge on any atom is 0.278 e. The van der Waals surface area contributed by atoms with Gasteiger partial charge in [0.05, 0.1) is 5.69 Å². The molecule has 148 valence electrons. The zero-order valence-corrected chi connectivity index (χ0v) is 16.9. The molecular formula is C18H21Cl2N7O. The molecule has 10 heteroatoms. The second-order valence-electron chi connectivity index (χ2n) is 6.52. The third-order valence-electron chi connectivity index (χ3n) is 4.60. The maximum atomic E-state index is 12.6. The molecule has 0 saturated carbocycles. The van der Waals surface area contributed by atoms with Crippen molar-refractivity contribution in [3.05, 3.63) is 53.1 Å². The lowest BCUT2D eigenvalue weighted by atomic mass is 9.98. The van der Waals surface area contributed by atoms with Crippen LogP contribution in [0.4, 0.5) is 5.95 Å². The first-order valence-corrected chi connectivity index (χ1v) is 9.22. The van der Waals surface area contributed by atoms with E-state index in [4.69, 9.17) is 11.6 Å². The third-order valence-corrected chi connectivity index (χ3v) is 4.84. The largest absolute Gasteiger partial charge is 0.317 e. The van der Waals surface area contributed by atoms with Gasteiger partial charge in [-0.25, -0.2) is 9.36 Å². The monoisotopic (exact) mass is 421 g/mol. The zero-order chi connectivity index (χ0) is 18.8. The Bertz CT molecular complexity index is 963. The van der Waals surface area contributed by atoms with Crippen LogP contribution in [-0.2, 0) is 7.05 Å². The van der Waals surface area contributed by atoms with E-state index in [2.05, 4.69) is 25.8 Å². The number of aromatic nitrogens is 5. The highest BCUT2D eigenvalue weighted by molar-refractivity contribution is 6.30. The van der Waals surface area contributed by atoms with Crippen LogP contribution in [0.3, 0.4) is 0 Å². The number of halogens is 2. The third kappa shape index (κ3) is 4.35. The number of carbonyl (C=O) groups is 1. The van der Waals surface area contributed by atoms with Crippen molar-refractivity contribution in [3.63, 3.8) is 0 Å². The van der Waals surface area contributed by atoms with Crippen LogP contribution in [0.25, 0.3) is 5.69 Å². The van der Waals surface area contributed by atoms with E-state index in [1.54, 1.807) is 40.8 Å². The van der Waals surface area contributed by atoms with Gasteiger partial charge in [-0.1, -0.05) is 17.7 Å². The summed E-state index contributed by atoms with van der Waals surface area (Å²) in [7, 11) is 1.78. The summed E-state index contributed by atoms with van der Waals surface area (Å²) in [5, 5.41) is 15.5. The number of amides is 1. The van der Waals surface area contributed by atoms with E-state index >= 15 is 0 Å². The first-order valence-electron chi connectivity index (χ1n) is 8.85. The molecule has 1 aromatic carbocycles. The molecule has 1 amide bonds. The van der Waals surface area contributed by atoms with Crippen molar-refractivity contribution >= 4 is 35.9 Å². The minimum absolute atomic E-state index is 0. The van der Waals surface area contributed by atoms with Crippen molar-refractivity contribution in [3.8, 4) is 5.69 Å². The molecule has 2 aromatic heterocycles. The Morgan fingerprint density at radius 3 is 2.79 bits per heavy atom. The van der Waals surface area contributed by atoms with Crippen molar-refractivity contribution in [2.45, 2.75) is 18.8 Å². The van der Waals surface area contributed by atoms with Gasteiger partial charge in [0.1, 0.15) is 0 Å². The molecule has 3 aromatic rings. The molecule has 3 heterocycles. The van der Waals surface area contributed by atoms with E-state index in [0.717, 1.165) is 37.4 Å². The molecule has 28 heavy (non-hydrogen) atoms. The molecule has 1 aliphatic heterocycles. The lowest BCUT2D eigenvalue weighted by molar-refractivity contribution is 0.102. The Balaban J connectivity index is 0.00000225. The molecule has 4 rings (SSSR count). The number of rotatable bonds is 4. The summed E-state index contributed by atoms with van der Waals surface area (Å²) in [4.78, 5) is 17.1. The second kappa shape index (κ2) is 8.72. The first kappa shape index (κ1) is 20.3. The number of benzene rings is 1. The molecule has 1 saturated heterocycles. The van der Waals surface area contributed by atoms with Crippen molar-refractivity contribution in [1.82, 2.24) is 29.9 Å². The molecule has 0 atom stereocenters. The fraction of sp³-hybridized carbons (Fsp3) is 0.333. The summed E-state index contributed by atoms with van der Waals surface area (Å²) in [5.41, 5.74) is 1.08. The number of aryl methyl sites for hydroxylation is 1. The van der Waals surface area contributed by atoms with Crippen molar-refractivity contribution in [2.24, 2.45) is 7.05 Å². The van der Waals surface area contributed by atoms with Crippen LogP contribution in [0.1, 0.15) is 35.1 Å². The summed E-state index contributed by atoms with van der Waals surface area (Å²) in [6.45, 7) is 1.93. The Morgan fingerprint density at radius 1 is 1.25 bits per heavy atom. The highest BCUT2D eigenvalue weighted by atomic mass is 35.5. The van der Waals surface area contributed by atoms with Gasteiger partial charge in [-0.3, -0.25) is 10.1 Å². The van der Waals surface area contributed by atoms with Gasteiger partial charge in [-0.15, -0.1) is 12.4 Å². The number of hydrogen-bond acceptors (Lipinski definition) is 5. The van der Waals surface area contributed by atoms with E-state index in [-0.39, 0.29) is 18.3 Å². The summed E-state index contributed by atoms with van der Waals surface area (Å²) in [6.07, 6.45) is 3.72. The summed E-state index contributed by atoms with van der Waals surface area (Å²) in [6, 6.07) is 8.93. The van der Waals surface area contributed by atoms with Crippen LogP contribution in [-0.4, -0.2) is 43.5 Å². The second-order valence-corrected chi connectivity index (χ2v) is 6.96. The van der Waals surface area contributed by atoms with Crippen molar-refractivity contribution in [2.75, 3.05) is 18.4 Å². The SMILES string of the molecule is Cl.Cn1nc(C2CCNCC2)nc1NC(=O)c1ccn(-c2cccc(Cl)c2)n1. The molecule has 1 fully saturated rings. The molecule has 2 N–H and O–H groups in total. The molecule has 0 aliphatic carbocycles. The molecule has 1 aliphatic rings. The molecule has 0 spiro atoms. The zero-order valence-electron chi connectivity index (χ0n) is 15.3. The number of piperidine rings is 1. The minimum atomic E-state index is -0.330. The number of nitrogens with one attached hydrogen (secondary N) is 2. The lowest BCUT2D eigenvalue weighted by Crippen LogP contribution is -2.27. The topological polar surface area (TPSA) is 89.7 Å². The number of nitrogens with zero attached hydrogens (tertiary/aromatic N) is 5. The Labute approximate surface area is 173 Å². The van der Waals surface area contributed by atoms with Gasteiger partial charge in [0.15, 0.2) is 11.5 Å². The van der Waals surface area contributed by atoms with Crippen LogP contribution < -0.4 is 10.6 Å². The Hall–Kier alpha value is -2.42. The number of carbonyl (C=O) groups excluding carboxylic acids is 1. The van der Waals surface area contributed by atoms with Crippen LogP contribution in [0.15, 0.2) is 36.5 Å². The fourth-order valence-electron chi connectivity index (χ4n) is 3.14. The highest BCUT2D eigenvalue weighted by Gasteiger charge is 2.22. The minimum Gasteiger partial charge on any atom is -0.317 e. The van der Waals surface area contributed by atoms with Gasteiger partial charge < -0.3 is 5.32 Å². The Kier molecular flexibility index (Phi) is 6.33. The van der Waals surface area contributed by atoms with Crippen LogP contribution in [0, 0.1) is 0 Å². The van der Waals surface area contributed by atoms with Crippen LogP contribution >= 0.6 is 24.0 Å². The molecule has 8 nitrogen and oxygen atoms in total. The number of anilines is 1. The predicted octanol–water partition coefficient (Wildman–Crippen LogP) is 2.80. The molecule has 0 bridgehead atoms. The van der Waals surface area contributed by atoms with E-state index in [1.807, 2.05) is 12.1 Å². The van der Waals surface area contributed by atoms with Crippen molar-refractivity contribution in [1.29, 1.82) is 0 Å².